The maximum Gasteiger partial charge on any atom is 0.167 e. The van der Waals surface area contributed by atoms with Crippen LogP contribution in [0.25, 0.3) is 0 Å². The number of hydrogen-bond donors (Lipinski definition) is 1. The lowest BCUT2D eigenvalue weighted by molar-refractivity contribution is 0.0809. The molecule has 0 spiro atoms. The van der Waals surface area contributed by atoms with Gasteiger partial charge in [-0.1, -0.05) is 25.5 Å². The SMILES string of the molecule is CCCCc1ncc(CN2CCCC(C(=O)c3cccc(OC(C)C)c3)C2)[nH]1. The second kappa shape index (κ2) is 9.87. The lowest BCUT2D eigenvalue weighted by Gasteiger charge is -2.31. The highest BCUT2D eigenvalue weighted by molar-refractivity contribution is 5.98. The lowest BCUT2D eigenvalue weighted by atomic mass is 9.90. The van der Waals surface area contributed by atoms with Crippen LogP contribution in [0.2, 0.25) is 0 Å². The fraction of sp³-hybridized carbons (Fsp3) is 0.565. The van der Waals surface area contributed by atoms with Gasteiger partial charge >= 0.3 is 0 Å². The van der Waals surface area contributed by atoms with Gasteiger partial charge in [0.1, 0.15) is 11.6 Å². The number of nitrogens with one attached hydrogen (secondary N) is 1. The predicted molar refractivity (Wildman–Crippen MR) is 112 cm³/mol. The molecule has 0 aliphatic carbocycles. The Morgan fingerprint density at radius 2 is 2.25 bits per heavy atom. The van der Waals surface area contributed by atoms with Gasteiger partial charge in [0.05, 0.1) is 6.10 Å². The third kappa shape index (κ3) is 5.68. The number of Topliss-reactive ketones (excluding diaryl/α,β-unsaturated/α-hetero) is 1. The Labute approximate surface area is 168 Å². The number of aryl methyl sites for hydroxylation is 1. The number of H-pyrrole nitrogens is 1. The molecule has 2 aromatic rings. The van der Waals surface area contributed by atoms with Crippen LogP contribution < -0.4 is 4.74 Å². The molecule has 1 aliphatic heterocycles. The summed E-state index contributed by atoms with van der Waals surface area (Å²) in [6.07, 6.45) is 7.40. The standard InChI is InChI=1S/C23H33N3O2/c1-4-5-11-22-24-14-20(25-22)16-26-12-7-9-19(15-26)23(27)18-8-6-10-21(13-18)28-17(2)3/h6,8,10,13-14,17,19H,4-5,7,9,11-12,15-16H2,1-3H3,(H,24,25). The Morgan fingerprint density at radius 1 is 1.39 bits per heavy atom. The van der Waals surface area contributed by atoms with Crippen molar-refractivity contribution >= 4 is 5.78 Å². The first-order valence-electron chi connectivity index (χ1n) is 10.6. The van der Waals surface area contributed by atoms with Crippen LogP contribution in [0.5, 0.6) is 5.75 Å². The molecule has 1 aromatic carbocycles. The highest BCUT2D eigenvalue weighted by atomic mass is 16.5. The number of imidazole rings is 1. The number of ether oxygens (including phenoxy) is 1. The third-order valence-corrected chi connectivity index (χ3v) is 5.21. The average molecular weight is 384 g/mol. The van der Waals surface area contributed by atoms with E-state index < -0.39 is 0 Å². The molecular formula is C23H33N3O2. The largest absolute Gasteiger partial charge is 0.491 e. The molecule has 0 bridgehead atoms. The van der Waals surface area contributed by atoms with E-state index in [2.05, 4.69) is 21.8 Å². The van der Waals surface area contributed by atoms with Crippen molar-refractivity contribution in [2.45, 2.75) is 65.5 Å². The molecular weight excluding hydrogens is 350 g/mol. The molecule has 152 valence electrons. The number of carbonyl (C=O) groups is 1. The number of ketones is 1. The van der Waals surface area contributed by atoms with E-state index in [0.29, 0.717) is 0 Å². The molecule has 2 heterocycles. The lowest BCUT2D eigenvalue weighted by Crippen LogP contribution is -2.38. The Morgan fingerprint density at radius 3 is 3.04 bits per heavy atom. The van der Waals surface area contributed by atoms with Crippen molar-refractivity contribution in [2.75, 3.05) is 13.1 Å². The molecule has 0 saturated carbocycles. The second-order valence-electron chi connectivity index (χ2n) is 8.09. The molecule has 3 rings (SSSR count). The molecule has 28 heavy (non-hydrogen) atoms. The summed E-state index contributed by atoms with van der Waals surface area (Å²) >= 11 is 0. The van der Waals surface area contributed by atoms with Gasteiger partial charge < -0.3 is 9.72 Å². The van der Waals surface area contributed by atoms with Gasteiger partial charge in [0, 0.05) is 42.9 Å². The highest BCUT2D eigenvalue weighted by Gasteiger charge is 2.27. The first-order valence-corrected chi connectivity index (χ1v) is 10.6. The first-order chi connectivity index (χ1) is 13.5. The summed E-state index contributed by atoms with van der Waals surface area (Å²) in [5.41, 5.74) is 1.90. The van der Waals surface area contributed by atoms with Gasteiger partial charge in [0.25, 0.3) is 0 Å². The van der Waals surface area contributed by atoms with Crippen LogP contribution in [0.3, 0.4) is 0 Å². The number of unbranched alkanes of at least 4 members (excludes halogenated alkanes) is 1. The number of benzene rings is 1. The first kappa shape index (κ1) is 20.6. The van der Waals surface area contributed by atoms with Gasteiger partial charge in [-0.25, -0.2) is 4.98 Å². The molecule has 1 aromatic heterocycles. The van der Waals surface area contributed by atoms with Crippen molar-refractivity contribution in [3.63, 3.8) is 0 Å². The summed E-state index contributed by atoms with van der Waals surface area (Å²) in [5, 5.41) is 0. The molecule has 0 radical (unpaired) electrons. The second-order valence-corrected chi connectivity index (χ2v) is 8.09. The molecule has 1 N–H and O–H groups in total. The Hall–Kier alpha value is -2.14. The normalized spacial score (nSPS) is 17.8. The molecule has 0 amide bonds. The fourth-order valence-electron chi connectivity index (χ4n) is 3.84. The van der Waals surface area contributed by atoms with Crippen LogP contribution in [0, 0.1) is 5.92 Å². The van der Waals surface area contributed by atoms with Crippen molar-refractivity contribution in [3.8, 4) is 5.75 Å². The zero-order valence-corrected chi connectivity index (χ0v) is 17.4. The summed E-state index contributed by atoms with van der Waals surface area (Å²) < 4.78 is 5.75. The van der Waals surface area contributed by atoms with Crippen LogP contribution in [0.4, 0.5) is 0 Å². The Bertz CT molecular complexity index is 769. The quantitative estimate of drug-likeness (QED) is 0.641. The van der Waals surface area contributed by atoms with Gasteiger partial charge in [-0.2, -0.15) is 0 Å². The summed E-state index contributed by atoms with van der Waals surface area (Å²) in [6.45, 7) is 8.85. The Balaban J connectivity index is 1.59. The summed E-state index contributed by atoms with van der Waals surface area (Å²) in [5.74, 6) is 2.12. The van der Waals surface area contributed by atoms with Gasteiger partial charge in [-0.3, -0.25) is 9.69 Å². The average Bonchev–Trinajstić information content (AvgIpc) is 3.13. The molecule has 1 fully saturated rings. The summed E-state index contributed by atoms with van der Waals surface area (Å²) in [7, 11) is 0. The zero-order chi connectivity index (χ0) is 19.9. The molecule has 1 aliphatic rings. The van der Waals surface area contributed by atoms with Crippen LogP contribution >= 0.6 is 0 Å². The Kier molecular flexibility index (Phi) is 7.26. The van der Waals surface area contributed by atoms with Gasteiger partial charge in [-0.15, -0.1) is 0 Å². The smallest absolute Gasteiger partial charge is 0.167 e. The van der Waals surface area contributed by atoms with E-state index >= 15 is 0 Å². The van der Waals surface area contributed by atoms with E-state index in [1.54, 1.807) is 0 Å². The molecule has 5 heteroatoms. The third-order valence-electron chi connectivity index (χ3n) is 5.21. The van der Waals surface area contributed by atoms with Crippen molar-refractivity contribution in [1.82, 2.24) is 14.9 Å². The molecule has 1 unspecified atom stereocenters. The van der Waals surface area contributed by atoms with Crippen LogP contribution in [-0.4, -0.2) is 39.8 Å². The predicted octanol–water partition coefficient (Wildman–Crippen LogP) is 4.63. The number of piperidine rings is 1. The molecule has 1 atom stereocenters. The summed E-state index contributed by atoms with van der Waals surface area (Å²) in [4.78, 5) is 23.4. The number of aromatic amines is 1. The van der Waals surface area contributed by atoms with Crippen molar-refractivity contribution in [2.24, 2.45) is 5.92 Å². The van der Waals surface area contributed by atoms with Crippen LogP contribution in [0.1, 0.15) is 68.3 Å². The van der Waals surface area contributed by atoms with E-state index in [9.17, 15) is 4.79 Å². The van der Waals surface area contributed by atoms with E-state index in [4.69, 9.17) is 4.74 Å². The van der Waals surface area contributed by atoms with Crippen molar-refractivity contribution < 1.29 is 9.53 Å². The van der Waals surface area contributed by atoms with E-state index in [0.717, 1.165) is 68.1 Å². The number of nitrogens with zero attached hydrogens (tertiary/aromatic N) is 2. The van der Waals surface area contributed by atoms with Crippen LogP contribution in [0.15, 0.2) is 30.5 Å². The zero-order valence-electron chi connectivity index (χ0n) is 17.4. The number of rotatable bonds is 9. The van der Waals surface area contributed by atoms with E-state index in [1.807, 2.05) is 44.3 Å². The number of likely N-dealkylation sites (tertiary alicyclic amines) is 1. The topological polar surface area (TPSA) is 58.2 Å². The summed E-state index contributed by atoms with van der Waals surface area (Å²) in [6, 6.07) is 7.62. The maximum atomic E-state index is 13.1. The van der Waals surface area contributed by atoms with Gasteiger partial charge in [-0.05, 0) is 51.8 Å². The number of hydrogen-bond acceptors (Lipinski definition) is 4. The monoisotopic (exact) mass is 383 g/mol. The number of carbonyl (C=O) groups excluding carboxylic acids is 1. The maximum absolute atomic E-state index is 13.1. The van der Waals surface area contributed by atoms with Crippen molar-refractivity contribution in [1.29, 1.82) is 0 Å². The minimum Gasteiger partial charge on any atom is -0.491 e. The van der Waals surface area contributed by atoms with Gasteiger partial charge in [0.15, 0.2) is 5.78 Å². The number of aromatic nitrogens is 2. The molecule has 1 saturated heterocycles. The highest BCUT2D eigenvalue weighted by Crippen LogP contribution is 2.24. The fourth-order valence-corrected chi connectivity index (χ4v) is 3.84. The van der Waals surface area contributed by atoms with E-state index in [-0.39, 0.29) is 17.8 Å². The van der Waals surface area contributed by atoms with Crippen molar-refractivity contribution in [3.05, 3.63) is 47.5 Å². The van der Waals surface area contributed by atoms with E-state index in [1.165, 1.54) is 6.42 Å². The minimum atomic E-state index is 0.0468. The van der Waals surface area contributed by atoms with Gasteiger partial charge in [0.2, 0.25) is 0 Å². The van der Waals surface area contributed by atoms with Crippen LogP contribution in [-0.2, 0) is 13.0 Å². The molecule has 5 nitrogen and oxygen atoms in total. The minimum absolute atomic E-state index is 0.0468.